The third-order valence-corrected chi connectivity index (χ3v) is 4.70. The van der Waals surface area contributed by atoms with Crippen LogP contribution in [0.1, 0.15) is 41.4 Å². The summed E-state index contributed by atoms with van der Waals surface area (Å²) in [5.74, 6) is -0.869. The van der Waals surface area contributed by atoms with E-state index in [1.54, 1.807) is 24.5 Å². The summed E-state index contributed by atoms with van der Waals surface area (Å²) in [6.07, 6.45) is 2.65. The average Bonchev–Trinajstić information content (AvgIpc) is 2.66. The number of hydrogen-bond donors (Lipinski definition) is 0. The molecule has 0 unspecified atom stereocenters. The molecule has 0 bridgehead atoms. The monoisotopic (exact) mass is 388 g/mol. The van der Waals surface area contributed by atoms with Gasteiger partial charge in [-0.3, -0.25) is 0 Å². The third-order valence-electron chi connectivity index (χ3n) is 4.70. The Morgan fingerprint density at radius 2 is 1.61 bits per heavy atom. The van der Waals surface area contributed by atoms with Crippen molar-refractivity contribution in [2.24, 2.45) is 0 Å². The Labute approximate surface area is 161 Å². The lowest BCUT2D eigenvalue weighted by molar-refractivity contribution is 0.145. The normalized spacial score (nSPS) is 11.2. The minimum Gasteiger partial charge on any atom is -0.241 e. The third kappa shape index (κ3) is 4.38. The van der Waals surface area contributed by atoms with Crippen molar-refractivity contribution in [3.8, 4) is 11.1 Å². The molecule has 0 N–H and O–H groups in total. The summed E-state index contributed by atoms with van der Waals surface area (Å²) in [5, 5.41) is 0. The van der Waals surface area contributed by atoms with Crippen LogP contribution in [-0.2, 0) is 19.3 Å². The van der Waals surface area contributed by atoms with E-state index in [1.165, 1.54) is 19.1 Å². The summed E-state index contributed by atoms with van der Waals surface area (Å²) in [6, 6.07) is 7.00. The van der Waals surface area contributed by atoms with Crippen molar-refractivity contribution in [3.05, 3.63) is 82.4 Å². The van der Waals surface area contributed by atoms with E-state index >= 15 is 0 Å². The summed E-state index contributed by atoms with van der Waals surface area (Å²) in [4.78, 5) is 8.57. The first-order valence-electron chi connectivity index (χ1n) is 9.05. The summed E-state index contributed by atoms with van der Waals surface area (Å²) >= 11 is 0. The Morgan fingerprint density at radius 1 is 0.893 bits per heavy atom. The molecule has 3 aromatic rings. The van der Waals surface area contributed by atoms with Crippen LogP contribution in [0, 0.1) is 18.6 Å². The van der Waals surface area contributed by atoms with E-state index in [0.29, 0.717) is 18.7 Å². The van der Waals surface area contributed by atoms with Gasteiger partial charge in [0.15, 0.2) is 0 Å². The Morgan fingerprint density at radius 3 is 2.18 bits per heavy atom. The summed E-state index contributed by atoms with van der Waals surface area (Å²) in [6.45, 7) is 3.42. The van der Waals surface area contributed by atoms with Gasteiger partial charge in [0.05, 0.1) is 5.56 Å². The van der Waals surface area contributed by atoms with Crippen molar-refractivity contribution in [1.82, 2.24) is 9.97 Å². The van der Waals surface area contributed by atoms with E-state index in [9.17, 15) is 17.6 Å². The molecule has 1 aromatic heterocycles. The molecule has 2 nitrogen and oxygen atoms in total. The smallest absolute Gasteiger partial charge is 0.241 e. The molecule has 0 aliphatic carbocycles. The number of benzene rings is 2. The van der Waals surface area contributed by atoms with Crippen molar-refractivity contribution < 1.29 is 17.6 Å². The highest BCUT2D eigenvalue weighted by molar-refractivity contribution is 5.66. The molecule has 0 saturated carbocycles. The van der Waals surface area contributed by atoms with Crippen LogP contribution >= 0.6 is 0 Å². The molecular formula is C22H20F4N2. The first kappa shape index (κ1) is 20.0. The molecule has 0 aliphatic heterocycles. The van der Waals surface area contributed by atoms with Crippen LogP contribution in [-0.4, -0.2) is 9.97 Å². The molecule has 0 aliphatic rings. The van der Waals surface area contributed by atoms with E-state index in [0.717, 1.165) is 23.6 Å². The van der Waals surface area contributed by atoms with Gasteiger partial charge in [-0.25, -0.2) is 27.5 Å². The molecule has 0 amide bonds. The van der Waals surface area contributed by atoms with Crippen molar-refractivity contribution in [1.29, 1.82) is 0 Å². The maximum absolute atomic E-state index is 14.6. The highest BCUT2D eigenvalue weighted by Gasteiger charge is 2.18. The minimum atomic E-state index is -2.91. The Kier molecular flexibility index (Phi) is 6.07. The highest BCUT2D eigenvalue weighted by Crippen LogP contribution is 2.32. The lowest BCUT2D eigenvalue weighted by Crippen LogP contribution is -2.00. The molecule has 0 atom stereocenters. The van der Waals surface area contributed by atoms with Crippen LogP contribution in [0.4, 0.5) is 17.6 Å². The number of nitrogens with zero attached hydrogens (tertiary/aromatic N) is 2. The van der Waals surface area contributed by atoms with E-state index in [-0.39, 0.29) is 16.7 Å². The summed E-state index contributed by atoms with van der Waals surface area (Å²) < 4.78 is 54.4. The fraction of sp³-hybridized carbons (Fsp3) is 0.273. The van der Waals surface area contributed by atoms with Gasteiger partial charge < -0.3 is 0 Å². The fourth-order valence-corrected chi connectivity index (χ4v) is 3.08. The van der Waals surface area contributed by atoms with Gasteiger partial charge in [0, 0.05) is 24.4 Å². The first-order valence-corrected chi connectivity index (χ1v) is 9.05. The van der Waals surface area contributed by atoms with Crippen LogP contribution < -0.4 is 0 Å². The second kappa shape index (κ2) is 8.50. The van der Waals surface area contributed by atoms with E-state index in [4.69, 9.17) is 0 Å². The van der Waals surface area contributed by atoms with E-state index < -0.39 is 23.6 Å². The first-order chi connectivity index (χ1) is 13.4. The Balaban J connectivity index is 1.78. The number of hydrogen-bond acceptors (Lipinski definition) is 2. The number of alkyl halides is 2. The zero-order chi connectivity index (χ0) is 20.3. The average molecular weight is 388 g/mol. The molecule has 6 heteroatoms. The maximum Gasteiger partial charge on any atom is 0.266 e. The van der Waals surface area contributed by atoms with Crippen LogP contribution in [0.15, 0.2) is 42.7 Å². The van der Waals surface area contributed by atoms with Gasteiger partial charge in [-0.15, -0.1) is 0 Å². The Hall–Kier alpha value is -2.76. The minimum absolute atomic E-state index is 0.0983. The van der Waals surface area contributed by atoms with Crippen molar-refractivity contribution in [2.75, 3.05) is 0 Å². The van der Waals surface area contributed by atoms with E-state index in [2.05, 4.69) is 9.97 Å². The van der Waals surface area contributed by atoms with Gasteiger partial charge in [-0.05, 0) is 54.2 Å². The second-order valence-corrected chi connectivity index (χ2v) is 6.66. The standard InChI is InChI=1S/C22H20F4N2/c1-3-14-11-27-20(28-12-14)7-5-15-4-6-17(18(23)9-15)16-8-13(2)21(22(25)26)19(24)10-16/h4,6,8-12,22H,3,5,7H2,1-2H3. The van der Waals surface area contributed by atoms with Crippen LogP contribution in [0.2, 0.25) is 0 Å². The molecule has 0 spiro atoms. The lowest BCUT2D eigenvalue weighted by Gasteiger charge is -2.11. The zero-order valence-electron chi connectivity index (χ0n) is 15.6. The van der Waals surface area contributed by atoms with Gasteiger partial charge in [0.2, 0.25) is 0 Å². The number of halogens is 4. The molecule has 146 valence electrons. The summed E-state index contributed by atoms with van der Waals surface area (Å²) in [7, 11) is 0. The Bertz CT molecular complexity index is 946. The quantitative estimate of drug-likeness (QED) is 0.483. The van der Waals surface area contributed by atoms with Gasteiger partial charge >= 0.3 is 0 Å². The van der Waals surface area contributed by atoms with Gasteiger partial charge in [-0.1, -0.05) is 25.1 Å². The molecule has 1 heterocycles. The van der Waals surface area contributed by atoms with E-state index in [1.807, 2.05) is 6.92 Å². The fourth-order valence-electron chi connectivity index (χ4n) is 3.08. The second-order valence-electron chi connectivity index (χ2n) is 6.66. The molecule has 28 heavy (non-hydrogen) atoms. The van der Waals surface area contributed by atoms with Crippen LogP contribution in [0.25, 0.3) is 11.1 Å². The topological polar surface area (TPSA) is 25.8 Å². The zero-order valence-corrected chi connectivity index (χ0v) is 15.6. The van der Waals surface area contributed by atoms with Crippen LogP contribution in [0.5, 0.6) is 0 Å². The predicted octanol–water partition coefficient (Wildman–Crippen LogP) is 6.02. The SMILES string of the molecule is CCc1cnc(CCc2ccc(-c3cc(C)c(C(F)F)c(F)c3)c(F)c2)nc1. The van der Waals surface area contributed by atoms with Crippen molar-refractivity contribution in [2.45, 2.75) is 39.5 Å². The van der Waals surface area contributed by atoms with Gasteiger partial charge in [0.1, 0.15) is 17.5 Å². The largest absolute Gasteiger partial charge is 0.266 e. The van der Waals surface area contributed by atoms with Gasteiger partial charge in [-0.2, -0.15) is 0 Å². The molecule has 0 radical (unpaired) electrons. The number of rotatable bonds is 6. The number of aromatic nitrogens is 2. The number of aryl methyl sites for hydroxylation is 4. The highest BCUT2D eigenvalue weighted by atomic mass is 19.3. The molecule has 0 saturated heterocycles. The van der Waals surface area contributed by atoms with Crippen LogP contribution in [0.3, 0.4) is 0 Å². The summed E-state index contributed by atoms with van der Waals surface area (Å²) in [5.41, 5.74) is 1.68. The molecule has 3 rings (SSSR count). The maximum atomic E-state index is 14.6. The van der Waals surface area contributed by atoms with Crippen molar-refractivity contribution >= 4 is 0 Å². The molecule has 2 aromatic carbocycles. The predicted molar refractivity (Wildman–Crippen MR) is 100 cm³/mol. The molecular weight excluding hydrogens is 368 g/mol. The lowest BCUT2D eigenvalue weighted by atomic mass is 9.97. The molecule has 0 fully saturated rings. The van der Waals surface area contributed by atoms with Crippen molar-refractivity contribution in [3.63, 3.8) is 0 Å². The van der Waals surface area contributed by atoms with Gasteiger partial charge in [0.25, 0.3) is 6.43 Å².